The number of halogens is 1. The van der Waals surface area contributed by atoms with Gasteiger partial charge in [-0.15, -0.1) is 0 Å². The maximum Gasteiger partial charge on any atom is 0.253 e. The van der Waals surface area contributed by atoms with Crippen LogP contribution < -0.4 is 10.2 Å². The summed E-state index contributed by atoms with van der Waals surface area (Å²) in [5.41, 5.74) is 2.19. The van der Waals surface area contributed by atoms with E-state index in [9.17, 15) is 9.59 Å². The van der Waals surface area contributed by atoms with E-state index in [1.54, 1.807) is 24.3 Å². The summed E-state index contributed by atoms with van der Waals surface area (Å²) in [5.74, 6) is -0.125. The Morgan fingerprint density at radius 3 is 2.33 bits per heavy atom. The maximum atomic E-state index is 12.9. The van der Waals surface area contributed by atoms with Gasteiger partial charge in [-0.3, -0.25) is 9.59 Å². The summed E-state index contributed by atoms with van der Waals surface area (Å²) in [6, 6.07) is 15.1. The molecule has 0 radical (unpaired) electrons. The van der Waals surface area contributed by atoms with Crippen molar-refractivity contribution in [1.29, 1.82) is 0 Å². The Hall–Kier alpha value is -2.53. The molecule has 0 spiro atoms. The Morgan fingerprint density at radius 2 is 1.63 bits per heavy atom. The van der Waals surface area contributed by atoms with E-state index in [0.717, 1.165) is 31.6 Å². The van der Waals surface area contributed by atoms with E-state index in [-0.39, 0.29) is 11.8 Å². The Labute approximate surface area is 163 Å². The number of nitrogens with one attached hydrogen (secondary N) is 1. The van der Waals surface area contributed by atoms with Crippen LogP contribution in [0.25, 0.3) is 0 Å². The van der Waals surface area contributed by atoms with Crippen molar-refractivity contribution in [3.05, 3.63) is 64.7 Å². The number of hydrogen-bond donors (Lipinski definition) is 1. The molecule has 1 heterocycles. The van der Waals surface area contributed by atoms with E-state index < -0.39 is 0 Å². The summed E-state index contributed by atoms with van der Waals surface area (Å²) in [6.45, 7) is 2.80. The molecule has 0 atom stereocenters. The number of anilines is 1. The number of rotatable bonds is 4. The van der Waals surface area contributed by atoms with Gasteiger partial charge in [0.05, 0.1) is 0 Å². The number of nitrogens with zero attached hydrogens (tertiary/aromatic N) is 2. The molecule has 2 aromatic rings. The fourth-order valence-corrected chi connectivity index (χ4v) is 3.50. The Balaban J connectivity index is 1.39. The summed E-state index contributed by atoms with van der Waals surface area (Å²) in [5, 5.41) is 3.68. The number of carbonyl (C=O) groups is 2. The highest BCUT2D eigenvalue weighted by Crippen LogP contribution is 2.22. The van der Waals surface area contributed by atoms with Gasteiger partial charge in [0, 0.05) is 54.1 Å². The summed E-state index contributed by atoms with van der Waals surface area (Å²) >= 11 is 6.08. The molecule has 5 nitrogen and oxygen atoms in total. The molecule has 2 amide bonds. The zero-order chi connectivity index (χ0) is 18.8. The van der Waals surface area contributed by atoms with Gasteiger partial charge >= 0.3 is 0 Å². The molecule has 1 N–H and O–H groups in total. The topological polar surface area (TPSA) is 52.7 Å². The molecule has 1 saturated heterocycles. The number of amides is 2. The first-order chi connectivity index (χ1) is 13.1. The summed E-state index contributed by atoms with van der Waals surface area (Å²) < 4.78 is 0. The highest BCUT2D eigenvalue weighted by molar-refractivity contribution is 6.30. The van der Waals surface area contributed by atoms with Crippen molar-refractivity contribution in [2.45, 2.75) is 18.9 Å². The predicted molar refractivity (Wildman–Crippen MR) is 106 cm³/mol. The second kappa shape index (κ2) is 7.61. The molecule has 27 heavy (non-hydrogen) atoms. The minimum absolute atomic E-state index is 0.0261. The third-order valence-electron chi connectivity index (χ3n) is 5.02. The highest BCUT2D eigenvalue weighted by atomic mass is 35.5. The Bertz CT molecular complexity index is 858. The van der Waals surface area contributed by atoms with Gasteiger partial charge in [-0.2, -0.15) is 0 Å². The molecule has 2 fully saturated rings. The average Bonchev–Trinajstić information content (AvgIpc) is 3.51. The number of piperazine rings is 1. The first-order valence-corrected chi connectivity index (χ1v) is 9.69. The van der Waals surface area contributed by atoms with Crippen LogP contribution in [0.5, 0.6) is 0 Å². The third-order valence-corrected chi connectivity index (χ3v) is 5.26. The van der Waals surface area contributed by atoms with Crippen LogP contribution in [0.2, 0.25) is 5.02 Å². The first kappa shape index (κ1) is 17.9. The van der Waals surface area contributed by atoms with Crippen molar-refractivity contribution in [2.75, 3.05) is 31.1 Å². The summed E-state index contributed by atoms with van der Waals surface area (Å²) in [4.78, 5) is 29.2. The molecule has 2 aromatic carbocycles. The number of carbonyl (C=O) groups excluding carboxylic acids is 2. The van der Waals surface area contributed by atoms with E-state index in [1.807, 2.05) is 29.2 Å². The van der Waals surface area contributed by atoms with E-state index in [4.69, 9.17) is 11.6 Å². The molecule has 0 unspecified atom stereocenters. The maximum absolute atomic E-state index is 12.9. The lowest BCUT2D eigenvalue weighted by Gasteiger charge is -2.36. The van der Waals surface area contributed by atoms with Crippen LogP contribution in [-0.2, 0) is 0 Å². The van der Waals surface area contributed by atoms with E-state index in [2.05, 4.69) is 10.2 Å². The van der Waals surface area contributed by atoms with Gasteiger partial charge in [-0.1, -0.05) is 23.7 Å². The van der Waals surface area contributed by atoms with Gasteiger partial charge in [0.15, 0.2) is 0 Å². The lowest BCUT2D eigenvalue weighted by molar-refractivity contribution is 0.0747. The van der Waals surface area contributed by atoms with Crippen molar-refractivity contribution in [3.8, 4) is 0 Å². The van der Waals surface area contributed by atoms with Gasteiger partial charge in [0.25, 0.3) is 11.8 Å². The highest BCUT2D eigenvalue weighted by Gasteiger charge is 2.25. The molecule has 1 aliphatic heterocycles. The zero-order valence-corrected chi connectivity index (χ0v) is 15.8. The molecular formula is C21H22ClN3O2. The van der Waals surface area contributed by atoms with Crippen LogP contribution in [0.15, 0.2) is 48.5 Å². The predicted octanol–water partition coefficient (Wildman–Crippen LogP) is 3.19. The van der Waals surface area contributed by atoms with E-state index in [1.165, 1.54) is 0 Å². The van der Waals surface area contributed by atoms with Crippen LogP contribution >= 0.6 is 11.6 Å². The van der Waals surface area contributed by atoms with Crippen molar-refractivity contribution in [1.82, 2.24) is 10.2 Å². The number of benzene rings is 2. The van der Waals surface area contributed by atoms with Crippen molar-refractivity contribution in [3.63, 3.8) is 0 Å². The summed E-state index contributed by atoms with van der Waals surface area (Å²) in [6.07, 6.45) is 2.09. The Morgan fingerprint density at radius 1 is 0.926 bits per heavy atom. The van der Waals surface area contributed by atoms with Crippen LogP contribution in [-0.4, -0.2) is 48.9 Å². The quantitative estimate of drug-likeness (QED) is 0.882. The normalized spacial score (nSPS) is 16.9. The largest absolute Gasteiger partial charge is 0.368 e. The van der Waals surface area contributed by atoms with E-state index >= 15 is 0 Å². The molecule has 4 rings (SSSR count). The second-order valence-electron chi connectivity index (χ2n) is 7.09. The average molecular weight is 384 g/mol. The van der Waals surface area contributed by atoms with Gasteiger partial charge in [-0.25, -0.2) is 0 Å². The molecule has 140 valence electrons. The molecule has 6 heteroatoms. The molecule has 1 saturated carbocycles. The fourth-order valence-electron chi connectivity index (χ4n) is 3.31. The molecule has 1 aliphatic carbocycles. The molecule has 0 bridgehead atoms. The zero-order valence-electron chi connectivity index (χ0n) is 15.0. The molecular weight excluding hydrogens is 362 g/mol. The van der Waals surface area contributed by atoms with Gasteiger partial charge in [0.1, 0.15) is 0 Å². The van der Waals surface area contributed by atoms with Gasteiger partial charge < -0.3 is 15.1 Å². The lowest BCUT2D eigenvalue weighted by atomic mass is 10.1. The van der Waals surface area contributed by atoms with Crippen LogP contribution in [0, 0.1) is 0 Å². The minimum atomic E-state index is -0.0991. The standard InChI is InChI=1S/C21H22ClN3O2/c22-17-5-2-6-19(14-17)24-9-11-25(12-10-24)21(27)16-4-1-3-15(13-16)20(26)23-18-7-8-18/h1-6,13-14,18H,7-12H2,(H,23,26). The fraction of sp³-hybridized carbons (Fsp3) is 0.333. The second-order valence-corrected chi connectivity index (χ2v) is 7.52. The minimum Gasteiger partial charge on any atom is -0.368 e. The monoisotopic (exact) mass is 383 g/mol. The smallest absolute Gasteiger partial charge is 0.253 e. The third kappa shape index (κ3) is 4.25. The van der Waals surface area contributed by atoms with Crippen molar-refractivity contribution < 1.29 is 9.59 Å². The van der Waals surface area contributed by atoms with Crippen LogP contribution in [0.4, 0.5) is 5.69 Å². The number of hydrogen-bond acceptors (Lipinski definition) is 3. The van der Waals surface area contributed by atoms with Gasteiger partial charge in [-0.05, 0) is 49.2 Å². The lowest BCUT2D eigenvalue weighted by Crippen LogP contribution is -2.48. The Kier molecular flexibility index (Phi) is 5.03. The van der Waals surface area contributed by atoms with Gasteiger partial charge in [0.2, 0.25) is 0 Å². The SMILES string of the molecule is O=C(NC1CC1)c1cccc(C(=O)N2CCN(c3cccc(Cl)c3)CC2)c1. The molecule has 0 aromatic heterocycles. The van der Waals surface area contributed by atoms with Crippen molar-refractivity contribution in [2.24, 2.45) is 0 Å². The molecule has 2 aliphatic rings. The van der Waals surface area contributed by atoms with E-state index in [0.29, 0.717) is 35.3 Å². The first-order valence-electron chi connectivity index (χ1n) is 9.31. The van der Waals surface area contributed by atoms with Crippen LogP contribution in [0.3, 0.4) is 0 Å². The van der Waals surface area contributed by atoms with Crippen LogP contribution in [0.1, 0.15) is 33.6 Å². The summed E-state index contributed by atoms with van der Waals surface area (Å²) in [7, 11) is 0. The van der Waals surface area contributed by atoms with Crippen molar-refractivity contribution >= 4 is 29.1 Å².